The Kier molecular flexibility index (Phi) is 9.80. The number of rotatable bonds is 11. The van der Waals surface area contributed by atoms with Crippen LogP contribution in [0.4, 0.5) is 11.4 Å². The highest BCUT2D eigenvalue weighted by atomic mass is 16.3. The zero-order chi connectivity index (χ0) is 24.4. The molecule has 2 rings (SSSR count). The molecule has 0 saturated heterocycles. The Hall–Kier alpha value is -3.47. The van der Waals surface area contributed by atoms with Crippen LogP contribution in [0.25, 0.3) is 0 Å². The number of benzene rings is 1. The molecule has 33 heavy (non-hydrogen) atoms. The maximum absolute atomic E-state index is 12.9. The Morgan fingerprint density at radius 3 is 2.18 bits per heavy atom. The number of aromatic hydroxyl groups is 1. The SMILES string of the molecule is CCCCN(CCCC)C(=O)c1ccc(N=Nc2c(C)c(C#N)c(O)n(CCC)c2=O)cc1. The number of hydrogen-bond donors (Lipinski definition) is 1. The molecule has 0 aliphatic carbocycles. The van der Waals surface area contributed by atoms with Crippen molar-refractivity contribution in [1.29, 1.82) is 5.26 Å². The molecule has 0 aliphatic rings. The van der Waals surface area contributed by atoms with Crippen LogP contribution in [0.2, 0.25) is 0 Å². The first kappa shape index (κ1) is 25.8. The van der Waals surface area contributed by atoms with Gasteiger partial charge in [-0.25, -0.2) is 0 Å². The summed E-state index contributed by atoms with van der Waals surface area (Å²) in [6.07, 6.45) is 4.60. The molecule has 0 saturated carbocycles. The molecule has 8 nitrogen and oxygen atoms in total. The fourth-order valence-corrected chi connectivity index (χ4v) is 3.46. The van der Waals surface area contributed by atoms with E-state index in [1.807, 2.05) is 17.9 Å². The second-order valence-corrected chi connectivity index (χ2v) is 7.99. The van der Waals surface area contributed by atoms with Crippen LogP contribution >= 0.6 is 0 Å². The number of hydrogen-bond acceptors (Lipinski definition) is 6. The van der Waals surface area contributed by atoms with Crippen molar-refractivity contribution < 1.29 is 9.90 Å². The lowest BCUT2D eigenvalue weighted by molar-refractivity contribution is 0.0751. The van der Waals surface area contributed by atoms with E-state index in [9.17, 15) is 20.0 Å². The van der Waals surface area contributed by atoms with Gasteiger partial charge >= 0.3 is 0 Å². The lowest BCUT2D eigenvalue weighted by atomic mass is 10.1. The van der Waals surface area contributed by atoms with Crippen molar-refractivity contribution >= 4 is 17.3 Å². The lowest BCUT2D eigenvalue weighted by Crippen LogP contribution is -2.32. The van der Waals surface area contributed by atoms with E-state index in [0.717, 1.165) is 43.3 Å². The standard InChI is InChI=1S/C25H33N5O3/c1-5-8-15-29(16-9-6-2)23(31)19-10-12-20(13-11-19)27-28-22-18(4)21(17-26)24(32)30(14-7-3)25(22)33/h10-13,32H,5-9,14-16H2,1-4H3. The van der Waals surface area contributed by atoms with Gasteiger partial charge in [-0.3, -0.25) is 14.2 Å². The molecule has 1 aromatic carbocycles. The first-order valence-corrected chi connectivity index (χ1v) is 11.6. The van der Waals surface area contributed by atoms with E-state index in [1.54, 1.807) is 31.2 Å². The van der Waals surface area contributed by atoms with Gasteiger partial charge in [-0.1, -0.05) is 33.6 Å². The number of carbonyl (C=O) groups excluding carboxylic acids is 1. The number of nitrogens with zero attached hydrogens (tertiary/aromatic N) is 5. The van der Waals surface area contributed by atoms with Gasteiger partial charge in [0, 0.05) is 30.8 Å². The number of unbranched alkanes of at least 4 members (excludes halogenated alkanes) is 2. The van der Waals surface area contributed by atoms with Gasteiger partial charge < -0.3 is 10.0 Å². The highest BCUT2D eigenvalue weighted by Crippen LogP contribution is 2.27. The molecule has 1 aromatic heterocycles. The third kappa shape index (κ3) is 6.28. The smallest absolute Gasteiger partial charge is 0.281 e. The molecule has 1 N–H and O–H groups in total. The van der Waals surface area contributed by atoms with Crippen molar-refractivity contribution in [1.82, 2.24) is 9.47 Å². The quantitative estimate of drug-likeness (QED) is 0.448. The Balaban J connectivity index is 2.30. The van der Waals surface area contributed by atoms with Crippen molar-refractivity contribution in [2.24, 2.45) is 10.2 Å². The number of carbonyl (C=O) groups is 1. The molecule has 0 unspecified atom stereocenters. The van der Waals surface area contributed by atoms with Gasteiger partial charge in [0.15, 0.2) is 5.69 Å². The summed E-state index contributed by atoms with van der Waals surface area (Å²) < 4.78 is 1.14. The number of amides is 1. The largest absolute Gasteiger partial charge is 0.493 e. The van der Waals surface area contributed by atoms with Crippen LogP contribution in [0.15, 0.2) is 39.3 Å². The fraction of sp³-hybridized carbons (Fsp3) is 0.480. The van der Waals surface area contributed by atoms with Gasteiger partial charge in [-0.15, -0.1) is 5.11 Å². The summed E-state index contributed by atoms with van der Waals surface area (Å²) in [7, 11) is 0. The molecule has 8 heteroatoms. The lowest BCUT2D eigenvalue weighted by Gasteiger charge is -2.22. The molecule has 176 valence electrons. The minimum absolute atomic E-state index is 0.00381. The van der Waals surface area contributed by atoms with Gasteiger partial charge in [-0.2, -0.15) is 10.4 Å². The average molecular weight is 452 g/mol. The predicted molar refractivity (Wildman–Crippen MR) is 128 cm³/mol. The van der Waals surface area contributed by atoms with E-state index < -0.39 is 5.56 Å². The highest BCUT2D eigenvalue weighted by Gasteiger charge is 2.19. The fourth-order valence-electron chi connectivity index (χ4n) is 3.46. The molecule has 0 aliphatic heterocycles. The van der Waals surface area contributed by atoms with Gasteiger partial charge in [0.1, 0.15) is 11.6 Å². The monoisotopic (exact) mass is 451 g/mol. The summed E-state index contributed by atoms with van der Waals surface area (Å²) >= 11 is 0. The minimum atomic E-state index is -0.496. The van der Waals surface area contributed by atoms with Crippen LogP contribution < -0.4 is 5.56 Å². The topological polar surface area (TPSA) is 111 Å². The van der Waals surface area contributed by atoms with Gasteiger partial charge in [-0.05, 0) is 50.5 Å². The van der Waals surface area contributed by atoms with Crippen LogP contribution in [-0.2, 0) is 6.54 Å². The summed E-state index contributed by atoms with van der Waals surface area (Å²) in [6, 6.07) is 8.71. The van der Waals surface area contributed by atoms with E-state index in [4.69, 9.17) is 0 Å². The van der Waals surface area contributed by atoms with Crippen LogP contribution in [0.3, 0.4) is 0 Å². The van der Waals surface area contributed by atoms with E-state index in [1.165, 1.54) is 0 Å². The van der Waals surface area contributed by atoms with E-state index in [0.29, 0.717) is 17.7 Å². The molecule has 0 atom stereocenters. The van der Waals surface area contributed by atoms with Gasteiger partial charge in [0.05, 0.1) is 5.69 Å². The highest BCUT2D eigenvalue weighted by molar-refractivity contribution is 5.94. The second kappa shape index (κ2) is 12.5. The molecule has 0 bridgehead atoms. The van der Waals surface area contributed by atoms with Crippen LogP contribution in [-0.4, -0.2) is 33.6 Å². The molecule has 2 aromatic rings. The third-order valence-corrected chi connectivity index (χ3v) is 5.45. The molecule has 1 heterocycles. The Morgan fingerprint density at radius 2 is 1.67 bits per heavy atom. The van der Waals surface area contributed by atoms with Crippen molar-refractivity contribution in [3.05, 3.63) is 51.3 Å². The number of azo groups is 1. The normalized spacial score (nSPS) is 11.0. The summed E-state index contributed by atoms with van der Waals surface area (Å²) in [6.45, 7) is 9.39. The predicted octanol–water partition coefficient (Wildman–Crippen LogP) is 5.60. The number of pyridine rings is 1. The number of nitriles is 1. The van der Waals surface area contributed by atoms with E-state index >= 15 is 0 Å². The van der Waals surface area contributed by atoms with E-state index in [-0.39, 0.29) is 35.1 Å². The van der Waals surface area contributed by atoms with Crippen LogP contribution in [0.1, 0.15) is 74.4 Å². The summed E-state index contributed by atoms with van der Waals surface area (Å²) in [5, 5.41) is 27.9. The molecule has 0 fully saturated rings. The van der Waals surface area contributed by atoms with E-state index in [2.05, 4.69) is 24.1 Å². The first-order chi connectivity index (χ1) is 15.9. The maximum atomic E-state index is 12.9. The molecule has 0 radical (unpaired) electrons. The molecule has 0 spiro atoms. The average Bonchev–Trinajstić information content (AvgIpc) is 2.82. The zero-order valence-electron chi connectivity index (χ0n) is 20.0. The van der Waals surface area contributed by atoms with Crippen LogP contribution in [0.5, 0.6) is 5.88 Å². The minimum Gasteiger partial charge on any atom is -0.493 e. The molecule has 1 amide bonds. The van der Waals surface area contributed by atoms with Crippen molar-refractivity contribution in [2.75, 3.05) is 13.1 Å². The Morgan fingerprint density at radius 1 is 1.06 bits per heavy atom. The van der Waals surface area contributed by atoms with Crippen molar-refractivity contribution in [3.8, 4) is 11.9 Å². The molecular weight excluding hydrogens is 418 g/mol. The van der Waals surface area contributed by atoms with Crippen molar-refractivity contribution in [3.63, 3.8) is 0 Å². The van der Waals surface area contributed by atoms with Gasteiger partial charge in [0.25, 0.3) is 11.5 Å². The zero-order valence-corrected chi connectivity index (χ0v) is 20.0. The third-order valence-electron chi connectivity index (χ3n) is 5.45. The maximum Gasteiger partial charge on any atom is 0.281 e. The molecular formula is C25H33N5O3. The summed E-state index contributed by atoms with van der Waals surface area (Å²) in [5.41, 5.74) is 0.876. The Labute approximate surface area is 195 Å². The van der Waals surface area contributed by atoms with Gasteiger partial charge in [0.2, 0.25) is 5.88 Å². The summed E-state index contributed by atoms with van der Waals surface area (Å²) in [4.78, 5) is 27.6. The van der Waals surface area contributed by atoms with Crippen LogP contribution in [0, 0.1) is 18.3 Å². The Bertz CT molecular complexity index is 1070. The first-order valence-electron chi connectivity index (χ1n) is 11.6. The van der Waals surface area contributed by atoms with Crippen molar-refractivity contribution in [2.45, 2.75) is 66.3 Å². The summed E-state index contributed by atoms with van der Waals surface area (Å²) in [5.74, 6) is -0.352. The second-order valence-electron chi connectivity index (χ2n) is 7.99. The number of aromatic nitrogens is 1.